The van der Waals surface area contributed by atoms with E-state index in [1.165, 1.54) is 6.07 Å². The van der Waals surface area contributed by atoms with Crippen molar-refractivity contribution >= 4 is 17.4 Å². The predicted molar refractivity (Wildman–Crippen MR) is 84.6 cm³/mol. The number of amides is 1. The topological polar surface area (TPSA) is 67.2 Å². The molecule has 7 heteroatoms. The minimum Gasteiger partial charge on any atom is -0.467 e. The lowest BCUT2D eigenvalue weighted by atomic mass is 10.2. The number of carbonyl (C=O) groups is 1. The fraction of sp³-hybridized carbons (Fsp3) is 0.0588. The molecule has 2 heterocycles. The standard InChI is InChI=1S/C17H13F2N3O2/c18-14-5-3-11(8-15(14)19)17(23)22-16-6-4-12(9-21-16)20-10-13-2-1-7-24-13/h1-9,20H,10H2,(H,21,22,23). The number of furan rings is 1. The zero-order valence-corrected chi connectivity index (χ0v) is 12.4. The Kier molecular flexibility index (Phi) is 4.51. The summed E-state index contributed by atoms with van der Waals surface area (Å²) in [6.07, 6.45) is 3.13. The van der Waals surface area contributed by atoms with Crippen LogP contribution in [-0.4, -0.2) is 10.9 Å². The van der Waals surface area contributed by atoms with Crippen LogP contribution in [0.5, 0.6) is 0 Å². The molecule has 0 radical (unpaired) electrons. The van der Waals surface area contributed by atoms with Crippen molar-refractivity contribution in [3.8, 4) is 0 Å². The molecule has 0 fully saturated rings. The summed E-state index contributed by atoms with van der Waals surface area (Å²) in [5, 5.41) is 5.63. The predicted octanol–water partition coefficient (Wildman–Crippen LogP) is 3.82. The average molecular weight is 329 g/mol. The fourth-order valence-corrected chi connectivity index (χ4v) is 2.00. The van der Waals surface area contributed by atoms with Gasteiger partial charge in [0.05, 0.1) is 24.7 Å². The van der Waals surface area contributed by atoms with Crippen molar-refractivity contribution in [3.63, 3.8) is 0 Å². The number of anilines is 2. The molecule has 24 heavy (non-hydrogen) atoms. The zero-order valence-electron chi connectivity index (χ0n) is 12.4. The SMILES string of the molecule is O=C(Nc1ccc(NCc2ccco2)cn1)c1ccc(F)c(F)c1. The summed E-state index contributed by atoms with van der Waals surface area (Å²) in [5.41, 5.74) is 0.757. The Hall–Kier alpha value is -3.22. The molecule has 2 aromatic heterocycles. The first-order valence-electron chi connectivity index (χ1n) is 7.10. The Morgan fingerprint density at radius 2 is 2.00 bits per heavy atom. The maximum absolute atomic E-state index is 13.1. The summed E-state index contributed by atoms with van der Waals surface area (Å²) in [5.74, 6) is -1.57. The molecule has 0 unspecified atom stereocenters. The van der Waals surface area contributed by atoms with Crippen molar-refractivity contribution in [3.05, 3.63) is 77.9 Å². The summed E-state index contributed by atoms with van der Waals surface area (Å²) in [6, 6.07) is 9.92. The van der Waals surface area contributed by atoms with Crippen LogP contribution in [0.1, 0.15) is 16.1 Å². The van der Waals surface area contributed by atoms with Gasteiger partial charge in [-0.3, -0.25) is 4.79 Å². The van der Waals surface area contributed by atoms with E-state index in [2.05, 4.69) is 15.6 Å². The Morgan fingerprint density at radius 1 is 1.12 bits per heavy atom. The Labute approximate surface area is 136 Å². The van der Waals surface area contributed by atoms with E-state index in [1.54, 1.807) is 30.7 Å². The third-order valence-corrected chi connectivity index (χ3v) is 3.23. The Balaban J connectivity index is 1.60. The minimum atomic E-state index is -1.08. The van der Waals surface area contributed by atoms with Gasteiger partial charge in [0, 0.05) is 5.56 Å². The van der Waals surface area contributed by atoms with E-state index in [1.807, 2.05) is 6.07 Å². The molecule has 122 valence electrons. The largest absolute Gasteiger partial charge is 0.467 e. The molecule has 0 saturated heterocycles. The number of pyridine rings is 1. The molecule has 0 spiro atoms. The van der Waals surface area contributed by atoms with Crippen molar-refractivity contribution in [2.75, 3.05) is 10.6 Å². The van der Waals surface area contributed by atoms with Crippen LogP contribution in [0.25, 0.3) is 0 Å². The molecule has 2 N–H and O–H groups in total. The second-order valence-corrected chi connectivity index (χ2v) is 4.95. The fourth-order valence-electron chi connectivity index (χ4n) is 2.00. The summed E-state index contributed by atoms with van der Waals surface area (Å²) in [6.45, 7) is 0.509. The van der Waals surface area contributed by atoms with E-state index in [0.29, 0.717) is 12.4 Å². The number of hydrogen-bond acceptors (Lipinski definition) is 4. The summed E-state index contributed by atoms with van der Waals surface area (Å²) < 4.78 is 31.2. The van der Waals surface area contributed by atoms with E-state index in [4.69, 9.17) is 4.42 Å². The van der Waals surface area contributed by atoms with Gasteiger partial charge in [0.25, 0.3) is 5.91 Å². The van der Waals surface area contributed by atoms with Gasteiger partial charge in [-0.05, 0) is 42.5 Å². The van der Waals surface area contributed by atoms with Crippen molar-refractivity contribution in [2.45, 2.75) is 6.54 Å². The van der Waals surface area contributed by atoms with Gasteiger partial charge in [-0.2, -0.15) is 0 Å². The van der Waals surface area contributed by atoms with Crippen molar-refractivity contribution in [1.82, 2.24) is 4.98 Å². The molecule has 0 saturated carbocycles. The van der Waals surface area contributed by atoms with Crippen LogP contribution < -0.4 is 10.6 Å². The van der Waals surface area contributed by atoms with Gasteiger partial charge in [-0.25, -0.2) is 13.8 Å². The average Bonchev–Trinajstić information content (AvgIpc) is 3.10. The van der Waals surface area contributed by atoms with Crippen molar-refractivity contribution in [2.24, 2.45) is 0 Å². The molecule has 1 amide bonds. The molecule has 1 aromatic carbocycles. The monoisotopic (exact) mass is 329 g/mol. The summed E-state index contributed by atoms with van der Waals surface area (Å²) in [4.78, 5) is 16.1. The second-order valence-electron chi connectivity index (χ2n) is 4.95. The number of rotatable bonds is 5. The first kappa shape index (κ1) is 15.7. The maximum Gasteiger partial charge on any atom is 0.256 e. The van der Waals surface area contributed by atoms with E-state index >= 15 is 0 Å². The van der Waals surface area contributed by atoms with Gasteiger partial charge in [0.1, 0.15) is 11.6 Å². The van der Waals surface area contributed by atoms with Gasteiger partial charge in [0.15, 0.2) is 11.6 Å². The van der Waals surface area contributed by atoms with Crippen molar-refractivity contribution in [1.29, 1.82) is 0 Å². The number of nitrogens with one attached hydrogen (secondary N) is 2. The molecular weight excluding hydrogens is 316 g/mol. The molecule has 0 atom stereocenters. The third-order valence-electron chi connectivity index (χ3n) is 3.23. The molecule has 3 aromatic rings. The highest BCUT2D eigenvalue weighted by molar-refractivity contribution is 6.03. The minimum absolute atomic E-state index is 0.00993. The van der Waals surface area contributed by atoms with E-state index in [0.717, 1.165) is 23.6 Å². The maximum atomic E-state index is 13.1. The highest BCUT2D eigenvalue weighted by Gasteiger charge is 2.10. The van der Waals surface area contributed by atoms with Gasteiger partial charge < -0.3 is 15.1 Å². The van der Waals surface area contributed by atoms with Crippen LogP contribution in [0, 0.1) is 11.6 Å². The second kappa shape index (κ2) is 6.91. The van der Waals surface area contributed by atoms with E-state index < -0.39 is 17.5 Å². The normalized spacial score (nSPS) is 10.4. The van der Waals surface area contributed by atoms with Crippen LogP contribution in [0.15, 0.2) is 59.3 Å². The molecule has 5 nitrogen and oxygen atoms in total. The number of halogens is 2. The van der Waals surface area contributed by atoms with Crippen LogP contribution in [0.4, 0.5) is 20.3 Å². The summed E-state index contributed by atoms with van der Waals surface area (Å²) >= 11 is 0. The first-order valence-corrected chi connectivity index (χ1v) is 7.10. The number of carbonyl (C=O) groups excluding carboxylic acids is 1. The number of nitrogens with zero attached hydrogens (tertiary/aromatic N) is 1. The van der Waals surface area contributed by atoms with Crippen molar-refractivity contribution < 1.29 is 18.0 Å². The van der Waals surface area contributed by atoms with Crippen LogP contribution >= 0.6 is 0 Å². The van der Waals surface area contributed by atoms with Crippen LogP contribution in [0.2, 0.25) is 0 Å². The quantitative estimate of drug-likeness (QED) is 0.747. The van der Waals surface area contributed by atoms with E-state index in [9.17, 15) is 13.6 Å². The lowest BCUT2D eigenvalue weighted by molar-refractivity contribution is 0.102. The highest BCUT2D eigenvalue weighted by atomic mass is 19.2. The number of aromatic nitrogens is 1. The molecule has 0 aliphatic carbocycles. The smallest absolute Gasteiger partial charge is 0.256 e. The highest BCUT2D eigenvalue weighted by Crippen LogP contribution is 2.14. The van der Waals surface area contributed by atoms with E-state index in [-0.39, 0.29) is 5.56 Å². The number of benzene rings is 1. The molecule has 3 rings (SSSR count). The molecular formula is C17H13F2N3O2. The van der Waals surface area contributed by atoms with Crippen LogP contribution in [-0.2, 0) is 6.54 Å². The lowest BCUT2D eigenvalue weighted by Crippen LogP contribution is -2.13. The molecule has 0 aliphatic heterocycles. The lowest BCUT2D eigenvalue weighted by Gasteiger charge is -2.07. The Bertz CT molecular complexity index is 834. The van der Waals surface area contributed by atoms with Gasteiger partial charge >= 0.3 is 0 Å². The van der Waals surface area contributed by atoms with Crippen LogP contribution in [0.3, 0.4) is 0 Å². The number of hydrogen-bond donors (Lipinski definition) is 2. The van der Waals surface area contributed by atoms with Gasteiger partial charge in [-0.15, -0.1) is 0 Å². The molecule has 0 aliphatic rings. The van der Waals surface area contributed by atoms with Gasteiger partial charge in [-0.1, -0.05) is 0 Å². The Morgan fingerprint density at radius 3 is 2.67 bits per heavy atom. The first-order chi connectivity index (χ1) is 11.6. The van der Waals surface area contributed by atoms with Gasteiger partial charge in [0.2, 0.25) is 0 Å². The molecule has 0 bridgehead atoms. The third kappa shape index (κ3) is 3.75. The summed E-state index contributed by atoms with van der Waals surface area (Å²) in [7, 11) is 0. The zero-order chi connectivity index (χ0) is 16.9.